The first kappa shape index (κ1) is 9.73. The average Bonchev–Trinajstić information content (AvgIpc) is 1.79. The minimum Gasteiger partial charge on any atom is -0.308 e. The van der Waals surface area contributed by atoms with Crippen molar-refractivity contribution in [1.82, 2.24) is 5.32 Å². The van der Waals surface area contributed by atoms with Gasteiger partial charge in [-0.25, -0.2) is 0 Å². The molecular weight excluding hydrogens is 146 g/mol. The third-order valence-corrected chi connectivity index (χ3v) is 1.11. The van der Waals surface area contributed by atoms with Gasteiger partial charge in [-0.05, 0) is 13.8 Å². The second-order valence-corrected chi connectivity index (χ2v) is 2.96. The molecule has 0 atom stereocenters. The second kappa shape index (κ2) is 5.51. The van der Waals surface area contributed by atoms with Gasteiger partial charge in [0, 0.05) is 18.1 Å². The SMILES string of the molecule is C=C(Cl)CNCC=C(C)C. The Balaban J connectivity index is 3.21. The summed E-state index contributed by atoms with van der Waals surface area (Å²) in [5.74, 6) is 0. The van der Waals surface area contributed by atoms with Crippen molar-refractivity contribution >= 4 is 11.6 Å². The molecular formula is C8H14ClN. The number of halogens is 1. The maximum absolute atomic E-state index is 5.52. The van der Waals surface area contributed by atoms with Crippen LogP contribution in [0.5, 0.6) is 0 Å². The quantitative estimate of drug-likeness (QED) is 0.490. The fourth-order valence-electron chi connectivity index (χ4n) is 0.484. The first-order chi connectivity index (χ1) is 4.63. The lowest BCUT2D eigenvalue weighted by molar-refractivity contribution is 0.832. The second-order valence-electron chi connectivity index (χ2n) is 2.43. The highest BCUT2D eigenvalue weighted by atomic mass is 35.5. The molecule has 0 rings (SSSR count). The lowest BCUT2D eigenvalue weighted by atomic mass is 10.3. The molecule has 0 aromatic heterocycles. The van der Waals surface area contributed by atoms with Crippen molar-refractivity contribution in [2.24, 2.45) is 0 Å². The van der Waals surface area contributed by atoms with Crippen LogP contribution >= 0.6 is 11.6 Å². The van der Waals surface area contributed by atoms with Gasteiger partial charge in [0.15, 0.2) is 0 Å². The number of hydrogen-bond donors (Lipinski definition) is 1. The molecule has 1 nitrogen and oxygen atoms in total. The molecule has 0 heterocycles. The summed E-state index contributed by atoms with van der Waals surface area (Å²) in [5, 5.41) is 3.76. The molecule has 1 N–H and O–H groups in total. The maximum Gasteiger partial charge on any atom is 0.0310 e. The summed E-state index contributed by atoms with van der Waals surface area (Å²) in [4.78, 5) is 0. The maximum atomic E-state index is 5.52. The molecule has 0 saturated heterocycles. The monoisotopic (exact) mass is 159 g/mol. The summed E-state index contributed by atoms with van der Waals surface area (Å²) >= 11 is 5.52. The summed E-state index contributed by atoms with van der Waals surface area (Å²) in [7, 11) is 0. The van der Waals surface area contributed by atoms with Crippen molar-refractivity contribution in [1.29, 1.82) is 0 Å². The molecule has 0 spiro atoms. The van der Waals surface area contributed by atoms with Gasteiger partial charge in [0.25, 0.3) is 0 Å². The van der Waals surface area contributed by atoms with E-state index in [1.54, 1.807) is 0 Å². The fourth-order valence-corrected chi connectivity index (χ4v) is 0.579. The largest absolute Gasteiger partial charge is 0.308 e. The number of hydrogen-bond acceptors (Lipinski definition) is 1. The normalized spacial score (nSPS) is 9.10. The Kier molecular flexibility index (Phi) is 5.36. The first-order valence-corrected chi connectivity index (χ1v) is 3.68. The van der Waals surface area contributed by atoms with Crippen LogP contribution in [0.25, 0.3) is 0 Å². The Hall–Kier alpha value is -0.270. The fraction of sp³-hybridized carbons (Fsp3) is 0.500. The molecule has 2 heteroatoms. The van der Waals surface area contributed by atoms with E-state index < -0.39 is 0 Å². The Morgan fingerprint density at radius 3 is 2.60 bits per heavy atom. The van der Waals surface area contributed by atoms with E-state index in [0.29, 0.717) is 11.6 Å². The zero-order chi connectivity index (χ0) is 7.98. The van der Waals surface area contributed by atoms with E-state index in [-0.39, 0.29) is 0 Å². The van der Waals surface area contributed by atoms with Crippen molar-refractivity contribution < 1.29 is 0 Å². The van der Waals surface area contributed by atoms with E-state index in [2.05, 4.69) is 31.8 Å². The van der Waals surface area contributed by atoms with Gasteiger partial charge < -0.3 is 5.32 Å². The molecule has 0 aliphatic carbocycles. The van der Waals surface area contributed by atoms with Gasteiger partial charge >= 0.3 is 0 Å². The first-order valence-electron chi connectivity index (χ1n) is 3.30. The lowest BCUT2D eigenvalue weighted by Crippen LogP contribution is -2.14. The predicted molar refractivity (Wildman–Crippen MR) is 47.3 cm³/mol. The molecule has 0 aromatic rings. The van der Waals surface area contributed by atoms with Gasteiger partial charge in [-0.1, -0.05) is 29.8 Å². The van der Waals surface area contributed by atoms with Crippen molar-refractivity contribution in [3.8, 4) is 0 Å². The Labute approximate surface area is 67.8 Å². The van der Waals surface area contributed by atoms with E-state index in [9.17, 15) is 0 Å². The highest BCUT2D eigenvalue weighted by Crippen LogP contribution is 1.92. The summed E-state index contributed by atoms with van der Waals surface area (Å²) in [5.41, 5.74) is 1.31. The molecule has 10 heavy (non-hydrogen) atoms. The molecule has 0 aliphatic heterocycles. The van der Waals surface area contributed by atoms with E-state index in [4.69, 9.17) is 11.6 Å². The van der Waals surface area contributed by atoms with Crippen LogP contribution < -0.4 is 5.32 Å². The third kappa shape index (κ3) is 7.73. The molecule has 0 aliphatic rings. The van der Waals surface area contributed by atoms with Crippen LogP contribution in [0.2, 0.25) is 0 Å². The van der Waals surface area contributed by atoms with Gasteiger partial charge in [-0.2, -0.15) is 0 Å². The van der Waals surface area contributed by atoms with E-state index in [1.807, 2.05) is 0 Å². The van der Waals surface area contributed by atoms with Crippen LogP contribution in [0, 0.1) is 0 Å². The van der Waals surface area contributed by atoms with Crippen LogP contribution in [-0.4, -0.2) is 13.1 Å². The minimum atomic E-state index is 0.655. The summed E-state index contributed by atoms with van der Waals surface area (Å²) in [6, 6.07) is 0. The molecule has 0 aromatic carbocycles. The number of allylic oxidation sites excluding steroid dienone is 1. The van der Waals surface area contributed by atoms with Crippen molar-refractivity contribution in [2.45, 2.75) is 13.8 Å². The standard InChI is InChI=1S/C8H14ClN/c1-7(2)4-5-10-6-8(3)9/h4,10H,3,5-6H2,1-2H3. The van der Waals surface area contributed by atoms with Crippen LogP contribution in [0.3, 0.4) is 0 Å². The average molecular weight is 160 g/mol. The van der Waals surface area contributed by atoms with E-state index >= 15 is 0 Å². The summed E-state index contributed by atoms with van der Waals surface area (Å²) in [6.45, 7) is 9.24. The topological polar surface area (TPSA) is 12.0 Å². The van der Waals surface area contributed by atoms with Gasteiger partial charge in [-0.3, -0.25) is 0 Å². The van der Waals surface area contributed by atoms with Crippen LogP contribution in [0.15, 0.2) is 23.3 Å². The minimum absolute atomic E-state index is 0.655. The van der Waals surface area contributed by atoms with Crippen molar-refractivity contribution in [2.75, 3.05) is 13.1 Å². The molecule has 0 radical (unpaired) electrons. The van der Waals surface area contributed by atoms with Gasteiger partial charge in [0.05, 0.1) is 0 Å². The van der Waals surface area contributed by atoms with E-state index in [1.165, 1.54) is 5.57 Å². The van der Waals surface area contributed by atoms with Gasteiger partial charge in [0.2, 0.25) is 0 Å². The number of nitrogens with one attached hydrogen (secondary N) is 1. The van der Waals surface area contributed by atoms with Gasteiger partial charge in [0.1, 0.15) is 0 Å². The highest BCUT2D eigenvalue weighted by Gasteiger charge is 1.84. The zero-order valence-electron chi connectivity index (χ0n) is 6.58. The smallest absolute Gasteiger partial charge is 0.0310 e. The highest BCUT2D eigenvalue weighted by molar-refractivity contribution is 6.29. The van der Waals surface area contributed by atoms with Crippen LogP contribution in [-0.2, 0) is 0 Å². The number of rotatable bonds is 4. The zero-order valence-corrected chi connectivity index (χ0v) is 7.33. The van der Waals surface area contributed by atoms with Gasteiger partial charge in [-0.15, -0.1) is 0 Å². The Morgan fingerprint density at radius 2 is 2.20 bits per heavy atom. The third-order valence-electron chi connectivity index (χ3n) is 0.971. The van der Waals surface area contributed by atoms with Crippen LogP contribution in [0.4, 0.5) is 0 Å². The lowest BCUT2D eigenvalue weighted by Gasteiger charge is -1.97. The molecule has 58 valence electrons. The van der Waals surface area contributed by atoms with Crippen LogP contribution in [0.1, 0.15) is 13.8 Å². The molecule has 0 amide bonds. The molecule has 0 unspecified atom stereocenters. The van der Waals surface area contributed by atoms with Crippen molar-refractivity contribution in [3.05, 3.63) is 23.3 Å². The Morgan fingerprint density at radius 1 is 1.60 bits per heavy atom. The molecule has 0 fully saturated rings. The molecule has 0 bridgehead atoms. The van der Waals surface area contributed by atoms with E-state index in [0.717, 1.165) is 6.54 Å². The Bertz CT molecular complexity index is 134. The predicted octanol–water partition coefficient (Wildman–Crippen LogP) is 2.29. The molecule has 0 saturated carbocycles. The van der Waals surface area contributed by atoms with Crippen molar-refractivity contribution in [3.63, 3.8) is 0 Å². The summed E-state index contributed by atoms with van der Waals surface area (Å²) in [6.07, 6.45) is 2.11. The summed E-state index contributed by atoms with van der Waals surface area (Å²) < 4.78 is 0.